The highest BCUT2D eigenvalue weighted by molar-refractivity contribution is 6.35. The van der Waals surface area contributed by atoms with Crippen molar-refractivity contribution in [3.8, 4) is 0 Å². The summed E-state index contributed by atoms with van der Waals surface area (Å²) < 4.78 is 0. The summed E-state index contributed by atoms with van der Waals surface area (Å²) in [5.74, 6) is 0. The third-order valence-electron chi connectivity index (χ3n) is 2.46. The normalized spacial score (nSPS) is 10.3. The lowest BCUT2D eigenvalue weighted by Crippen LogP contribution is -1.95. The molecule has 0 aliphatic rings. The smallest absolute Gasteiger partial charge is 0.0642 e. The maximum atomic E-state index is 6.09. The van der Waals surface area contributed by atoms with Crippen LogP contribution in [0, 0.1) is 6.92 Å². The van der Waals surface area contributed by atoms with Crippen molar-refractivity contribution in [2.75, 3.05) is 11.1 Å². The maximum Gasteiger partial charge on any atom is 0.0642 e. The standard InChI is InChI=1S/C13H12Cl2N2/c1-8-2-4-10(16)7-12(8)17-13-6-9(14)3-5-11(13)15/h2-7,17H,16H2,1H3. The molecule has 0 saturated carbocycles. The Balaban J connectivity index is 2.37. The summed E-state index contributed by atoms with van der Waals surface area (Å²) in [7, 11) is 0. The molecule has 3 N–H and O–H groups in total. The highest BCUT2D eigenvalue weighted by Crippen LogP contribution is 2.30. The Morgan fingerprint density at radius 1 is 1.00 bits per heavy atom. The Hall–Kier alpha value is -1.38. The minimum atomic E-state index is 0.622. The molecule has 17 heavy (non-hydrogen) atoms. The van der Waals surface area contributed by atoms with E-state index < -0.39 is 0 Å². The molecule has 0 aromatic heterocycles. The molecule has 0 atom stereocenters. The molecule has 2 rings (SSSR count). The van der Waals surface area contributed by atoms with E-state index in [2.05, 4.69) is 5.32 Å². The van der Waals surface area contributed by atoms with Crippen LogP contribution in [-0.2, 0) is 0 Å². The van der Waals surface area contributed by atoms with Gasteiger partial charge in [-0.2, -0.15) is 0 Å². The van der Waals surface area contributed by atoms with Crippen LogP contribution in [-0.4, -0.2) is 0 Å². The number of hydrogen-bond donors (Lipinski definition) is 2. The van der Waals surface area contributed by atoms with E-state index in [9.17, 15) is 0 Å². The third kappa shape index (κ3) is 2.84. The van der Waals surface area contributed by atoms with Crippen molar-refractivity contribution in [2.45, 2.75) is 6.92 Å². The number of nitrogens with two attached hydrogens (primary N) is 1. The van der Waals surface area contributed by atoms with Crippen LogP contribution in [0.5, 0.6) is 0 Å². The van der Waals surface area contributed by atoms with Gasteiger partial charge in [0.2, 0.25) is 0 Å². The van der Waals surface area contributed by atoms with Crippen LogP contribution in [0.3, 0.4) is 0 Å². The van der Waals surface area contributed by atoms with Crippen LogP contribution in [0.15, 0.2) is 36.4 Å². The van der Waals surface area contributed by atoms with E-state index >= 15 is 0 Å². The molecule has 0 bridgehead atoms. The van der Waals surface area contributed by atoms with Crippen LogP contribution >= 0.6 is 23.2 Å². The average Bonchev–Trinajstić information content (AvgIpc) is 2.28. The highest BCUT2D eigenvalue weighted by Gasteiger charge is 2.04. The van der Waals surface area contributed by atoms with Crippen LogP contribution in [0.4, 0.5) is 17.1 Å². The summed E-state index contributed by atoms with van der Waals surface area (Å²) in [6.45, 7) is 2.00. The van der Waals surface area contributed by atoms with Crippen molar-refractivity contribution in [2.24, 2.45) is 0 Å². The zero-order chi connectivity index (χ0) is 12.4. The number of nitrogens with one attached hydrogen (secondary N) is 1. The molecule has 4 heteroatoms. The van der Waals surface area contributed by atoms with Gasteiger partial charge in [0, 0.05) is 16.4 Å². The van der Waals surface area contributed by atoms with E-state index in [1.165, 1.54) is 0 Å². The average molecular weight is 267 g/mol. The van der Waals surface area contributed by atoms with Gasteiger partial charge in [0.15, 0.2) is 0 Å². The Bertz CT molecular complexity index is 504. The summed E-state index contributed by atoms with van der Waals surface area (Å²) in [5, 5.41) is 4.48. The number of rotatable bonds is 2. The molecule has 0 aliphatic carbocycles. The Morgan fingerprint density at radius 2 is 1.76 bits per heavy atom. The second kappa shape index (κ2) is 4.86. The molecule has 88 valence electrons. The second-order valence-corrected chi connectivity index (χ2v) is 4.67. The predicted octanol–water partition coefficient (Wildman–Crippen LogP) is 4.63. The van der Waals surface area contributed by atoms with Gasteiger partial charge in [-0.25, -0.2) is 0 Å². The van der Waals surface area contributed by atoms with E-state index in [4.69, 9.17) is 28.9 Å². The van der Waals surface area contributed by atoms with Gasteiger partial charge in [-0.1, -0.05) is 29.3 Å². The first-order valence-corrected chi connectivity index (χ1v) is 5.90. The molecular formula is C13H12Cl2N2. The van der Waals surface area contributed by atoms with Gasteiger partial charge in [-0.05, 0) is 42.8 Å². The zero-order valence-corrected chi connectivity index (χ0v) is 10.8. The van der Waals surface area contributed by atoms with Crippen LogP contribution in [0.1, 0.15) is 5.56 Å². The molecule has 0 unspecified atom stereocenters. The van der Waals surface area contributed by atoms with Gasteiger partial charge in [-0.15, -0.1) is 0 Å². The fourth-order valence-corrected chi connectivity index (χ4v) is 1.85. The number of anilines is 3. The van der Waals surface area contributed by atoms with E-state index in [0.717, 1.165) is 16.9 Å². The largest absolute Gasteiger partial charge is 0.399 e. The minimum absolute atomic E-state index is 0.622. The highest BCUT2D eigenvalue weighted by atomic mass is 35.5. The Kier molecular flexibility index (Phi) is 3.46. The molecule has 0 heterocycles. The fourth-order valence-electron chi connectivity index (χ4n) is 1.51. The third-order valence-corrected chi connectivity index (χ3v) is 3.02. The van der Waals surface area contributed by atoms with Crippen molar-refractivity contribution >= 4 is 40.3 Å². The van der Waals surface area contributed by atoms with Crippen molar-refractivity contribution in [3.63, 3.8) is 0 Å². The molecule has 0 spiro atoms. The summed E-state index contributed by atoms with van der Waals surface area (Å²) in [5.41, 5.74) is 9.24. The van der Waals surface area contributed by atoms with E-state index in [1.54, 1.807) is 18.2 Å². The lowest BCUT2D eigenvalue weighted by atomic mass is 10.1. The van der Waals surface area contributed by atoms with Gasteiger partial charge in [0.1, 0.15) is 0 Å². The van der Waals surface area contributed by atoms with Gasteiger partial charge in [0.25, 0.3) is 0 Å². The topological polar surface area (TPSA) is 38.0 Å². The molecule has 0 amide bonds. The molecule has 0 aliphatic heterocycles. The first-order chi connectivity index (χ1) is 8.06. The van der Waals surface area contributed by atoms with Crippen LogP contribution < -0.4 is 11.1 Å². The van der Waals surface area contributed by atoms with Crippen LogP contribution in [0.2, 0.25) is 10.0 Å². The lowest BCUT2D eigenvalue weighted by molar-refractivity contribution is 1.43. The predicted molar refractivity (Wildman–Crippen MR) is 75.3 cm³/mol. The van der Waals surface area contributed by atoms with Crippen molar-refractivity contribution in [1.82, 2.24) is 0 Å². The van der Waals surface area contributed by atoms with Crippen LogP contribution in [0.25, 0.3) is 0 Å². The summed E-state index contributed by atoms with van der Waals surface area (Å²) in [6, 6.07) is 11.0. The SMILES string of the molecule is Cc1ccc(N)cc1Nc1cc(Cl)ccc1Cl. The van der Waals surface area contributed by atoms with E-state index in [0.29, 0.717) is 15.7 Å². The maximum absolute atomic E-state index is 6.09. The van der Waals surface area contributed by atoms with Gasteiger partial charge in [-0.3, -0.25) is 0 Å². The molecule has 0 saturated heterocycles. The second-order valence-electron chi connectivity index (χ2n) is 3.82. The molecule has 0 fully saturated rings. The lowest BCUT2D eigenvalue weighted by Gasteiger charge is -2.12. The fraction of sp³-hybridized carbons (Fsp3) is 0.0769. The summed E-state index contributed by atoms with van der Waals surface area (Å²) in [4.78, 5) is 0. The molecule has 0 radical (unpaired) electrons. The number of nitrogen functional groups attached to an aromatic ring is 1. The number of benzene rings is 2. The number of hydrogen-bond acceptors (Lipinski definition) is 2. The Morgan fingerprint density at radius 3 is 2.53 bits per heavy atom. The summed E-state index contributed by atoms with van der Waals surface area (Å²) >= 11 is 12.0. The van der Waals surface area contributed by atoms with Gasteiger partial charge >= 0.3 is 0 Å². The van der Waals surface area contributed by atoms with Gasteiger partial charge < -0.3 is 11.1 Å². The number of aryl methyl sites for hydroxylation is 1. The van der Waals surface area contributed by atoms with Crippen molar-refractivity contribution in [1.29, 1.82) is 0 Å². The monoisotopic (exact) mass is 266 g/mol. The molecule has 2 nitrogen and oxygen atoms in total. The zero-order valence-electron chi connectivity index (χ0n) is 9.30. The van der Waals surface area contributed by atoms with Crippen molar-refractivity contribution in [3.05, 3.63) is 52.0 Å². The quantitative estimate of drug-likeness (QED) is 0.778. The molecular weight excluding hydrogens is 255 g/mol. The number of halogens is 2. The van der Waals surface area contributed by atoms with Gasteiger partial charge in [0.05, 0.1) is 10.7 Å². The first kappa shape index (κ1) is 12.1. The molecule has 2 aromatic carbocycles. The summed E-state index contributed by atoms with van der Waals surface area (Å²) in [6.07, 6.45) is 0. The Labute approximate surface area is 110 Å². The van der Waals surface area contributed by atoms with E-state index in [1.807, 2.05) is 25.1 Å². The molecule has 2 aromatic rings. The minimum Gasteiger partial charge on any atom is -0.399 e. The van der Waals surface area contributed by atoms with Crippen molar-refractivity contribution < 1.29 is 0 Å². The first-order valence-electron chi connectivity index (χ1n) is 5.14. The van der Waals surface area contributed by atoms with E-state index in [-0.39, 0.29) is 0 Å².